The van der Waals surface area contributed by atoms with E-state index in [0.717, 1.165) is 29.8 Å². The minimum Gasteiger partial charge on any atom is -0.336 e. The second-order valence-corrected chi connectivity index (χ2v) is 5.95. The van der Waals surface area contributed by atoms with Gasteiger partial charge in [-0.05, 0) is 45.7 Å². The van der Waals surface area contributed by atoms with Crippen LogP contribution in [0.1, 0.15) is 40.9 Å². The molecule has 1 N–H and O–H groups in total. The zero-order valence-corrected chi connectivity index (χ0v) is 12.6. The number of nitrogens with zero attached hydrogens (tertiary/aromatic N) is 1. The summed E-state index contributed by atoms with van der Waals surface area (Å²) in [7, 11) is 0. The van der Waals surface area contributed by atoms with E-state index in [4.69, 9.17) is 0 Å². The van der Waals surface area contributed by atoms with Gasteiger partial charge in [-0.3, -0.25) is 4.79 Å². The normalized spacial score (nSPS) is 23.5. The van der Waals surface area contributed by atoms with Crippen molar-refractivity contribution in [2.45, 2.75) is 46.7 Å². The van der Waals surface area contributed by atoms with Gasteiger partial charge in [-0.25, -0.2) is 0 Å². The monoisotopic (exact) mass is 260 g/mol. The molecule has 0 spiro atoms. The second-order valence-electron chi connectivity index (χ2n) is 5.95. The van der Waals surface area contributed by atoms with Crippen molar-refractivity contribution < 1.29 is 4.79 Å². The highest BCUT2D eigenvalue weighted by Crippen LogP contribution is 2.19. The molecule has 1 fully saturated rings. The zero-order valence-electron chi connectivity index (χ0n) is 12.6. The SMILES string of the molecule is Cc1cc(C)c(C(=O)N2CC(C)NC(C)C2)c(C)c1. The molecule has 0 saturated carbocycles. The van der Waals surface area contributed by atoms with Crippen molar-refractivity contribution in [3.63, 3.8) is 0 Å². The van der Waals surface area contributed by atoms with Gasteiger partial charge in [-0.15, -0.1) is 0 Å². The Hall–Kier alpha value is -1.35. The molecule has 1 aromatic rings. The van der Waals surface area contributed by atoms with Crippen LogP contribution in [0.25, 0.3) is 0 Å². The van der Waals surface area contributed by atoms with Crippen molar-refractivity contribution in [3.05, 3.63) is 34.4 Å². The maximum atomic E-state index is 12.7. The molecule has 2 atom stereocenters. The summed E-state index contributed by atoms with van der Waals surface area (Å²) in [5, 5.41) is 3.46. The smallest absolute Gasteiger partial charge is 0.254 e. The molecule has 1 aliphatic heterocycles. The first-order valence-corrected chi connectivity index (χ1v) is 7.01. The Kier molecular flexibility index (Phi) is 3.95. The van der Waals surface area contributed by atoms with Crippen molar-refractivity contribution in [3.8, 4) is 0 Å². The Morgan fingerprint density at radius 2 is 1.58 bits per heavy atom. The van der Waals surface area contributed by atoms with Crippen LogP contribution >= 0.6 is 0 Å². The summed E-state index contributed by atoms with van der Waals surface area (Å²) in [5.41, 5.74) is 4.27. The maximum Gasteiger partial charge on any atom is 0.254 e. The van der Waals surface area contributed by atoms with Crippen LogP contribution in [0.2, 0.25) is 0 Å². The Bertz CT molecular complexity index is 463. The third kappa shape index (κ3) is 2.98. The standard InChI is InChI=1S/C16H24N2O/c1-10-6-11(2)15(12(3)7-10)16(19)18-8-13(4)17-14(5)9-18/h6-7,13-14,17H,8-9H2,1-5H3. The lowest BCUT2D eigenvalue weighted by molar-refractivity contribution is 0.0672. The highest BCUT2D eigenvalue weighted by Gasteiger charge is 2.27. The number of piperazine rings is 1. The summed E-state index contributed by atoms with van der Waals surface area (Å²) in [6.45, 7) is 12.0. The predicted molar refractivity (Wildman–Crippen MR) is 78.6 cm³/mol. The first-order chi connectivity index (χ1) is 8.88. The number of benzene rings is 1. The van der Waals surface area contributed by atoms with Crippen LogP contribution in [-0.4, -0.2) is 36.0 Å². The van der Waals surface area contributed by atoms with Crippen LogP contribution in [0, 0.1) is 20.8 Å². The molecule has 1 heterocycles. The molecule has 1 aromatic carbocycles. The van der Waals surface area contributed by atoms with Crippen LogP contribution in [0.15, 0.2) is 12.1 Å². The minimum atomic E-state index is 0.176. The topological polar surface area (TPSA) is 32.3 Å². The number of hydrogen-bond donors (Lipinski definition) is 1. The predicted octanol–water partition coefficient (Wildman–Crippen LogP) is 2.43. The molecular weight excluding hydrogens is 236 g/mol. The van der Waals surface area contributed by atoms with Crippen molar-refractivity contribution in [2.24, 2.45) is 0 Å². The third-order valence-electron chi connectivity index (χ3n) is 3.74. The van der Waals surface area contributed by atoms with Gasteiger partial charge in [0.15, 0.2) is 0 Å². The molecule has 2 rings (SSSR count). The van der Waals surface area contributed by atoms with Gasteiger partial charge in [-0.2, -0.15) is 0 Å². The molecule has 0 aromatic heterocycles. The van der Waals surface area contributed by atoms with Crippen LogP contribution in [0.3, 0.4) is 0 Å². The van der Waals surface area contributed by atoms with Gasteiger partial charge in [0.2, 0.25) is 0 Å². The van der Waals surface area contributed by atoms with E-state index >= 15 is 0 Å². The number of amides is 1. The van der Waals surface area contributed by atoms with E-state index in [9.17, 15) is 4.79 Å². The van der Waals surface area contributed by atoms with Gasteiger partial charge < -0.3 is 10.2 Å². The highest BCUT2D eigenvalue weighted by molar-refractivity contribution is 5.97. The van der Waals surface area contributed by atoms with Crippen molar-refractivity contribution >= 4 is 5.91 Å². The molecule has 19 heavy (non-hydrogen) atoms. The molecule has 2 unspecified atom stereocenters. The van der Waals surface area contributed by atoms with Crippen molar-refractivity contribution in [1.82, 2.24) is 10.2 Å². The molecule has 104 valence electrons. The average molecular weight is 260 g/mol. The second kappa shape index (κ2) is 5.33. The molecular formula is C16H24N2O. The van der Waals surface area contributed by atoms with Gasteiger partial charge >= 0.3 is 0 Å². The summed E-state index contributed by atoms with van der Waals surface area (Å²) in [5.74, 6) is 0.176. The van der Waals surface area contributed by atoms with Crippen LogP contribution in [0.5, 0.6) is 0 Å². The number of carbonyl (C=O) groups excluding carboxylic acids is 1. The number of rotatable bonds is 1. The summed E-state index contributed by atoms with van der Waals surface area (Å²) < 4.78 is 0. The summed E-state index contributed by atoms with van der Waals surface area (Å²) in [6, 6.07) is 4.91. The Morgan fingerprint density at radius 3 is 2.05 bits per heavy atom. The van der Waals surface area contributed by atoms with E-state index in [1.54, 1.807) is 0 Å². The minimum absolute atomic E-state index is 0.176. The first kappa shape index (κ1) is 14.1. The fourth-order valence-electron chi connectivity index (χ4n) is 3.17. The van der Waals surface area contributed by atoms with Gasteiger partial charge in [0.25, 0.3) is 5.91 Å². The van der Waals surface area contributed by atoms with E-state index in [-0.39, 0.29) is 5.91 Å². The quantitative estimate of drug-likeness (QED) is 0.841. The maximum absolute atomic E-state index is 12.7. The van der Waals surface area contributed by atoms with Crippen LogP contribution < -0.4 is 5.32 Å². The summed E-state index contributed by atoms with van der Waals surface area (Å²) in [6.07, 6.45) is 0. The Balaban J connectivity index is 2.29. The molecule has 1 amide bonds. The summed E-state index contributed by atoms with van der Waals surface area (Å²) >= 11 is 0. The number of nitrogens with one attached hydrogen (secondary N) is 1. The Labute approximate surface area is 116 Å². The lowest BCUT2D eigenvalue weighted by Gasteiger charge is -2.36. The number of hydrogen-bond acceptors (Lipinski definition) is 2. The van der Waals surface area contributed by atoms with Crippen molar-refractivity contribution in [2.75, 3.05) is 13.1 Å². The largest absolute Gasteiger partial charge is 0.336 e. The molecule has 3 heteroatoms. The average Bonchev–Trinajstić information content (AvgIpc) is 2.25. The highest BCUT2D eigenvalue weighted by atomic mass is 16.2. The van der Waals surface area contributed by atoms with E-state index < -0.39 is 0 Å². The Morgan fingerprint density at radius 1 is 1.11 bits per heavy atom. The van der Waals surface area contributed by atoms with Crippen LogP contribution in [0.4, 0.5) is 0 Å². The fraction of sp³-hybridized carbons (Fsp3) is 0.562. The molecule has 0 radical (unpaired) electrons. The molecule has 1 aliphatic rings. The summed E-state index contributed by atoms with van der Waals surface area (Å²) in [4.78, 5) is 14.7. The van der Waals surface area contributed by atoms with E-state index in [2.05, 4.69) is 38.2 Å². The molecule has 0 bridgehead atoms. The lowest BCUT2D eigenvalue weighted by Crippen LogP contribution is -2.56. The van der Waals surface area contributed by atoms with Gasteiger partial charge in [0, 0.05) is 30.7 Å². The number of aryl methyl sites for hydroxylation is 3. The molecule has 1 saturated heterocycles. The van der Waals surface area contributed by atoms with Gasteiger partial charge in [-0.1, -0.05) is 17.7 Å². The van der Waals surface area contributed by atoms with Gasteiger partial charge in [0.05, 0.1) is 0 Å². The van der Waals surface area contributed by atoms with E-state index in [0.29, 0.717) is 12.1 Å². The lowest BCUT2D eigenvalue weighted by atomic mass is 9.98. The van der Waals surface area contributed by atoms with Crippen LogP contribution in [-0.2, 0) is 0 Å². The molecule has 0 aliphatic carbocycles. The van der Waals surface area contributed by atoms with E-state index in [1.165, 1.54) is 5.56 Å². The zero-order chi connectivity index (χ0) is 14.2. The fourth-order valence-corrected chi connectivity index (χ4v) is 3.17. The number of carbonyl (C=O) groups is 1. The van der Waals surface area contributed by atoms with Crippen molar-refractivity contribution in [1.29, 1.82) is 0 Å². The molecule has 3 nitrogen and oxygen atoms in total. The first-order valence-electron chi connectivity index (χ1n) is 7.01. The van der Waals surface area contributed by atoms with E-state index in [1.807, 2.05) is 18.7 Å². The van der Waals surface area contributed by atoms with Gasteiger partial charge in [0.1, 0.15) is 0 Å². The third-order valence-corrected chi connectivity index (χ3v) is 3.74.